The van der Waals surface area contributed by atoms with E-state index in [0.29, 0.717) is 0 Å². The molecule has 0 aromatic rings. The Morgan fingerprint density at radius 3 is 1.09 bits per heavy atom. The molecule has 0 aliphatic heterocycles. The van der Waals surface area contributed by atoms with Gasteiger partial charge in [-0.2, -0.15) is 61.5 Å². The Bertz CT molecular complexity index is 707. The Morgan fingerprint density at radius 2 is 0.818 bits per heavy atom. The number of rotatable bonds is 10. The minimum atomic E-state index is -8.52. The van der Waals surface area contributed by atoms with Gasteiger partial charge in [0.2, 0.25) is 0 Å². The standard InChI is InChI=1S/C15H15F16NO/c1-5(2)32(6(3)4)8(33)10(20,21)12(24,25)14(28,29)15(30,31)13(26,27)11(22,23)9(18,19)7(16)17/h5-7H,1-4H3. The molecule has 2 nitrogen and oxygen atoms in total. The Kier molecular flexibility index (Phi) is 8.11. The molecule has 0 saturated heterocycles. The second-order valence-corrected chi connectivity index (χ2v) is 7.27. The van der Waals surface area contributed by atoms with Gasteiger partial charge in [0.1, 0.15) is 0 Å². The molecule has 0 rings (SSSR count). The fourth-order valence-electron chi connectivity index (χ4n) is 2.50. The van der Waals surface area contributed by atoms with Gasteiger partial charge in [0.05, 0.1) is 0 Å². The van der Waals surface area contributed by atoms with E-state index < -0.39 is 65.9 Å². The summed E-state index contributed by atoms with van der Waals surface area (Å²) < 4.78 is 213. The topological polar surface area (TPSA) is 20.3 Å². The molecule has 198 valence electrons. The summed E-state index contributed by atoms with van der Waals surface area (Å²) in [6.07, 6.45) is -5.91. The van der Waals surface area contributed by atoms with Crippen molar-refractivity contribution in [1.82, 2.24) is 4.90 Å². The first-order valence-corrected chi connectivity index (χ1v) is 8.37. The molecule has 0 radical (unpaired) electrons. The molecule has 0 heterocycles. The summed E-state index contributed by atoms with van der Waals surface area (Å²) in [6.45, 7) is 3.39. The summed E-state index contributed by atoms with van der Waals surface area (Å²) in [5.74, 6) is -59.2. The van der Waals surface area contributed by atoms with Crippen LogP contribution in [0, 0.1) is 0 Å². The van der Waals surface area contributed by atoms with Crippen LogP contribution in [0.25, 0.3) is 0 Å². The van der Waals surface area contributed by atoms with Gasteiger partial charge in [0, 0.05) is 12.1 Å². The zero-order valence-electron chi connectivity index (χ0n) is 16.6. The van der Waals surface area contributed by atoms with Crippen LogP contribution < -0.4 is 0 Å². The average molecular weight is 529 g/mol. The highest BCUT2D eigenvalue weighted by Crippen LogP contribution is 2.62. The number of carbonyl (C=O) groups excluding carboxylic acids is 1. The number of carbonyl (C=O) groups is 1. The molecule has 0 N–H and O–H groups in total. The molecule has 0 aliphatic carbocycles. The van der Waals surface area contributed by atoms with Crippen LogP contribution in [-0.4, -0.2) is 70.8 Å². The number of alkyl halides is 16. The first kappa shape index (κ1) is 31.4. The van der Waals surface area contributed by atoms with Gasteiger partial charge >= 0.3 is 47.9 Å². The third-order valence-electron chi connectivity index (χ3n) is 4.28. The van der Waals surface area contributed by atoms with Gasteiger partial charge in [-0.05, 0) is 27.7 Å². The molecule has 0 fully saturated rings. The molecule has 0 spiro atoms. The molecule has 0 aromatic heterocycles. The molecule has 0 atom stereocenters. The molecule has 0 aromatic carbocycles. The fraction of sp³-hybridized carbons (Fsp3) is 0.933. The van der Waals surface area contributed by atoms with Crippen LogP contribution in [0.1, 0.15) is 27.7 Å². The monoisotopic (exact) mass is 529 g/mol. The molecule has 0 bridgehead atoms. The van der Waals surface area contributed by atoms with Gasteiger partial charge in [-0.15, -0.1) is 0 Å². The van der Waals surface area contributed by atoms with Crippen LogP contribution in [-0.2, 0) is 4.79 Å². The Balaban J connectivity index is 6.83. The number of hydrogen-bond donors (Lipinski definition) is 0. The molecular weight excluding hydrogens is 514 g/mol. The van der Waals surface area contributed by atoms with E-state index >= 15 is 0 Å². The minimum Gasteiger partial charge on any atom is -0.332 e. The van der Waals surface area contributed by atoms with Crippen molar-refractivity contribution in [2.45, 2.75) is 87.7 Å². The average Bonchev–Trinajstić information content (AvgIpc) is 2.59. The predicted molar refractivity (Wildman–Crippen MR) is 77.8 cm³/mol. The van der Waals surface area contributed by atoms with Gasteiger partial charge in [-0.25, -0.2) is 8.78 Å². The highest BCUT2D eigenvalue weighted by Gasteiger charge is 2.94. The van der Waals surface area contributed by atoms with E-state index in [1.807, 2.05) is 0 Å². The number of hydrogen-bond acceptors (Lipinski definition) is 1. The summed E-state index contributed by atoms with van der Waals surface area (Å²) in [5, 5.41) is 0. The summed E-state index contributed by atoms with van der Waals surface area (Å²) in [5.41, 5.74) is 0. The van der Waals surface area contributed by atoms with Crippen molar-refractivity contribution in [2.75, 3.05) is 0 Å². The zero-order chi connectivity index (χ0) is 27.4. The lowest BCUT2D eigenvalue weighted by molar-refractivity contribution is -0.444. The van der Waals surface area contributed by atoms with Gasteiger partial charge in [-0.1, -0.05) is 0 Å². The Morgan fingerprint density at radius 1 is 0.545 bits per heavy atom. The lowest BCUT2D eigenvalue weighted by Crippen LogP contribution is -2.75. The molecule has 0 saturated carbocycles. The molecule has 0 aliphatic rings. The Hall–Kier alpha value is -1.65. The summed E-state index contributed by atoms with van der Waals surface area (Å²) in [7, 11) is 0. The number of amides is 1. The maximum absolute atomic E-state index is 14.0. The van der Waals surface area contributed by atoms with E-state index in [-0.39, 0.29) is 4.90 Å². The van der Waals surface area contributed by atoms with Crippen molar-refractivity contribution in [1.29, 1.82) is 0 Å². The van der Waals surface area contributed by atoms with Crippen LogP contribution >= 0.6 is 0 Å². The first-order valence-electron chi connectivity index (χ1n) is 8.37. The molecular formula is C15H15F16NO. The third-order valence-corrected chi connectivity index (χ3v) is 4.28. The van der Waals surface area contributed by atoms with Crippen LogP contribution in [0.3, 0.4) is 0 Å². The van der Waals surface area contributed by atoms with E-state index in [1.165, 1.54) is 0 Å². The van der Waals surface area contributed by atoms with Gasteiger partial charge in [0.25, 0.3) is 5.91 Å². The van der Waals surface area contributed by atoms with Crippen LogP contribution in [0.4, 0.5) is 70.2 Å². The largest absolute Gasteiger partial charge is 0.392 e. The highest BCUT2D eigenvalue weighted by atomic mass is 19.4. The van der Waals surface area contributed by atoms with Crippen molar-refractivity contribution in [3.05, 3.63) is 0 Å². The van der Waals surface area contributed by atoms with Crippen molar-refractivity contribution in [3.63, 3.8) is 0 Å². The molecule has 18 heteroatoms. The lowest BCUT2D eigenvalue weighted by Gasteiger charge is -2.43. The third kappa shape index (κ3) is 4.18. The number of halogens is 16. The van der Waals surface area contributed by atoms with Crippen LogP contribution in [0.15, 0.2) is 0 Å². The molecule has 33 heavy (non-hydrogen) atoms. The van der Waals surface area contributed by atoms with E-state index in [0.717, 1.165) is 27.7 Å². The second kappa shape index (κ2) is 8.53. The second-order valence-electron chi connectivity index (χ2n) is 7.27. The van der Waals surface area contributed by atoms with Gasteiger partial charge < -0.3 is 4.90 Å². The normalized spacial score (nSPS) is 15.6. The van der Waals surface area contributed by atoms with Crippen molar-refractivity contribution in [2.24, 2.45) is 0 Å². The minimum absolute atomic E-state index is 0.278. The van der Waals surface area contributed by atoms with E-state index in [2.05, 4.69) is 0 Å². The first-order chi connectivity index (χ1) is 14.1. The fourth-order valence-corrected chi connectivity index (χ4v) is 2.50. The van der Waals surface area contributed by atoms with E-state index in [9.17, 15) is 75.0 Å². The summed E-state index contributed by atoms with van der Waals surface area (Å²) in [4.78, 5) is 11.4. The maximum atomic E-state index is 14.0. The van der Waals surface area contributed by atoms with E-state index in [1.54, 1.807) is 0 Å². The smallest absolute Gasteiger partial charge is 0.332 e. The Labute approximate surface area is 174 Å². The van der Waals surface area contributed by atoms with Gasteiger partial charge in [-0.3, -0.25) is 4.79 Å². The quantitative estimate of drug-likeness (QED) is 0.303. The maximum Gasteiger partial charge on any atom is 0.392 e. The van der Waals surface area contributed by atoms with Crippen molar-refractivity contribution < 1.29 is 75.0 Å². The van der Waals surface area contributed by atoms with E-state index in [4.69, 9.17) is 0 Å². The zero-order valence-corrected chi connectivity index (χ0v) is 16.6. The lowest BCUT2D eigenvalue weighted by atomic mass is 9.88. The summed E-state index contributed by atoms with van der Waals surface area (Å²) >= 11 is 0. The predicted octanol–water partition coefficient (Wildman–Crippen LogP) is 6.34. The molecule has 1 amide bonds. The van der Waals surface area contributed by atoms with Crippen LogP contribution in [0.2, 0.25) is 0 Å². The SMILES string of the molecule is CC(C)N(C(=O)C(F)(F)C(F)(F)C(F)(F)C(F)(F)C(F)(F)C(F)(F)C(F)(F)C(F)F)C(C)C. The highest BCUT2D eigenvalue weighted by molar-refractivity contribution is 5.85. The molecule has 0 unspecified atom stereocenters. The van der Waals surface area contributed by atoms with Crippen molar-refractivity contribution in [3.8, 4) is 0 Å². The number of nitrogens with zero attached hydrogens (tertiary/aromatic N) is 1. The van der Waals surface area contributed by atoms with Crippen LogP contribution in [0.5, 0.6) is 0 Å². The van der Waals surface area contributed by atoms with Gasteiger partial charge in [0.15, 0.2) is 0 Å². The van der Waals surface area contributed by atoms with Crippen molar-refractivity contribution >= 4 is 5.91 Å². The summed E-state index contributed by atoms with van der Waals surface area (Å²) in [6, 6.07) is -3.02.